The van der Waals surface area contributed by atoms with Gasteiger partial charge in [-0.25, -0.2) is 0 Å². The maximum Gasteiger partial charge on any atom is 0.196 e. The molecular formula is C29H24N2O2. The van der Waals surface area contributed by atoms with Gasteiger partial charge in [-0.2, -0.15) is 0 Å². The van der Waals surface area contributed by atoms with Crippen LogP contribution in [-0.2, 0) is 6.54 Å². The van der Waals surface area contributed by atoms with E-state index in [0.717, 1.165) is 17.8 Å². The van der Waals surface area contributed by atoms with Crippen molar-refractivity contribution in [2.45, 2.75) is 38.8 Å². The molecule has 3 aromatic carbocycles. The zero-order valence-electron chi connectivity index (χ0n) is 18.9. The number of hydrogen-bond donors (Lipinski definition) is 1. The minimum Gasteiger partial charge on any atom is -0.379 e. The Morgan fingerprint density at radius 2 is 1.58 bits per heavy atom. The van der Waals surface area contributed by atoms with Gasteiger partial charge in [-0.1, -0.05) is 48.5 Å². The van der Waals surface area contributed by atoms with E-state index >= 15 is 0 Å². The monoisotopic (exact) mass is 432 g/mol. The highest BCUT2D eigenvalue weighted by molar-refractivity contribution is 6.30. The molecule has 0 amide bonds. The maximum atomic E-state index is 13.7. The zero-order valence-corrected chi connectivity index (χ0v) is 18.9. The van der Waals surface area contributed by atoms with Crippen LogP contribution in [0.1, 0.15) is 68.4 Å². The van der Waals surface area contributed by atoms with Crippen LogP contribution in [0.2, 0.25) is 0 Å². The summed E-state index contributed by atoms with van der Waals surface area (Å²) in [7, 11) is 0. The number of carbonyl (C=O) groups is 2. The topological polar surface area (TPSA) is 51.1 Å². The fourth-order valence-electron chi connectivity index (χ4n) is 6.61. The molecule has 0 saturated heterocycles. The Hall–Kier alpha value is -3.66. The third-order valence-electron chi connectivity index (χ3n) is 8.18. The number of carbonyl (C=O) groups excluding carboxylic acids is 2. The normalized spacial score (nSPS) is 21.7. The van der Waals surface area contributed by atoms with Crippen molar-refractivity contribution >= 4 is 28.2 Å². The van der Waals surface area contributed by atoms with Crippen molar-refractivity contribution in [3.05, 3.63) is 99.7 Å². The highest BCUT2D eigenvalue weighted by Gasteiger charge is 2.50. The molecular weight excluding hydrogens is 408 g/mol. The lowest BCUT2D eigenvalue weighted by atomic mass is 9.69. The molecule has 2 atom stereocenters. The first-order chi connectivity index (χ1) is 15.9. The van der Waals surface area contributed by atoms with Crippen LogP contribution in [0.25, 0.3) is 10.9 Å². The number of anilines is 1. The van der Waals surface area contributed by atoms with E-state index < -0.39 is 0 Å². The molecule has 0 saturated carbocycles. The molecule has 1 aromatic heterocycles. The predicted octanol–water partition coefficient (Wildman–Crippen LogP) is 5.69. The number of nitrogens with zero attached hydrogens (tertiary/aromatic N) is 1. The van der Waals surface area contributed by atoms with Crippen molar-refractivity contribution in [3.8, 4) is 0 Å². The number of nitrogens with one attached hydrogen (secondary N) is 1. The molecule has 0 unspecified atom stereocenters. The van der Waals surface area contributed by atoms with E-state index in [4.69, 9.17) is 0 Å². The molecule has 7 rings (SSSR count). The summed E-state index contributed by atoms with van der Waals surface area (Å²) in [6.07, 6.45) is 0. The van der Waals surface area contributed by atoms with Crippen LogP contribution in [0.5, 0.6) is 0 Å². The van der Waals surface area contributed by atoms with E-state index in [1.807, 2.05) is 18.2 Å². The average molecular weight is 433 g/mol. The summed E-state index contributed by atoms with van der Waals surface area (Å²) in [5.41, 5.74) is 7.70. The van der Waals surface area contributed by atoms with E-state index in [1.165, 1.54) is 22.2 Å². The number of aryl methyl sites for hydroxylation is 1. The summed E-state index contributed by atoms with van der Waals surface area (Å²) in [6, 6.07) is 19.7. The minimum atomic E-state index is -0.236. The Bertz CT molecular complexity index is 1560. The second kappa shape index (κ2) is 6.02. The lowest BCUT2D eigenvalue weighted by Gasteiger charge is -2.44. The largest absolute Gasteiger partial charge is 0.379 e. The molecule has 33 heavy (non-hydrogen) atoms. The Morgan fingerprint density at radius 1 is 0.879 bits per heavy atom. The van der Waals surface area contributed by atoms with Crippen LogP contribution in [-0.4, -0.2) is 21.7 Å². The van der Waals surface area contributed by atoms with Gasteiger partial charge in [-0.05, 0) is 44.0 Å². The first-order valence-corrected chi connectivity index (χ1v) is 11.6. The number of benzene rings is 3. The molecule has 0 spiro atoms. The molecule has 0 radical (unpaired) electrons. The van der Waals surface area contributed by atoms with Crippen molar-refractivity contribution < 1.29 is 9.59 Å². The molecule has 3 aliphatic rings. The van der Waals surface area contributed by atoms with E-state index in [0.29, 0.717) is 28.2 Å². The van der Waals surface area contributed by atoms with Gasteiger partial charge in [0.15, 0.2) is 11.6 Å². The third-order valence-corrected chi connectivity index (χ3v) is 8.18. The number of hydrogen-bond acceptors (Lipinski definition) is 3. The summed E-state index contributed by atoms with van der Waals surface area (Å²) in [5.74, 6) is 0.396. The molecule has 0 bridgehead atoms. The van der Waals surface area contributed by atoms with Crippen LogP contribution in [0.4, 0.5) is 5.69 Å². The Balaban J connectivity index is 1.52. The number of ketones is 2. The van der Waals surface area contributed by atoms with Gasteiger partial charge in [-0.3, -0.25) is 9.59 Å². The molecule has 1 aliphatic carbocycles. The lowest BCUT2D eigenvalue weighted by molar-refractivity contribution is 0.0979. The van der Waals surface area contributed by atoms with Crippen molar-refractivity contribution in [2.24, 2.45) is 5.92 Å². The van der Waals surface area contributed by atoms with Crippen LogP contribution in [0.3, 0.4) is 0 Å². The van der Waals surface area contributed by atoms with Gasteiger partial charge < -0.3 is 9.88 Å². The van der Waals surface area contributed by atoms with Crippen molar-refractivity contribution in [2.75, 3.05) is 5.32 Å². The smallest absolute Gasteiger partial charge is 0.196 e. The standard InChI is InChI=1S/C29H24N2O2/c1-15-16-8-6-7-11-22(16)31-14-21-23(26(15)31)19-12-13-20-24(25(19)30-29(21,2)3)28(33)18-10-5-4-9-17(18)27(20)32/h4-13,21,23,30H,14H2,1-3H3/t21-,23-/m1/s1. The van der Waals surface area contributed by atoms with Gasteiger partial charge in [0.25, 0.3) is 0 Å². The second-order valence-electron chi connectivity index (χ2n) is 10.2. The Morgan fingerprint density at radius 3 is 2.36 bits per heavy atom. The van der Waals surface area contributed by atoms with Crippen LogP contribution in [0, 0.1) is 12.8 Å². The van der Waals surface area contributed by atoms with Crippen LogP contribution in [0.15, 0.2) is 60.7 Å². The van der Waals surface area contributed by atoms with Crippen LogP contribution < -0.4 is 5.32 Å². The highest BCUT2D eigenvalue weighted by Crippen LogP contribution is 2.55. The molecule has 4 aromatic rings. The minimum absolute atomic E-state index is 0.0611. The summed E-state index contributed by atoms with van der Waals surface area (Å²) in [4.78, 5) is 27.0. The molecule has 4 nitrogen and oxygen atoms in total. The first-order valence-electron chi connectivity index (χ1n) is 11.6. The first kappa shape index (κ1) is 18.9. The molecule has 1 N–H and O–H groups in total. The number of para-hydroxylation sites is 1. The van der Waals surface area contributed by atoms with E-state index in [-0.39, 0.29) is 23.0 Å². The lowest BCUT2D eigenvalue weighted by Crippen LogP contribution is -2.46. The highest BCUT2D eigenvalue weighted by atomic mass is 16.1. The quantitative estimate of drug-likeness (QED) is 0.342. The van der Waals surface area contributed by atoms with Gasteiger partial charge >= 0.3 is 0 Å². The third kappa shape index (κ3) is 2.21. The fourth-order valence-corrected chi connectivity index (χ4v) is 6.61. The molecule has 162 valence electrons. The van der Waals surface area contributed by atoms with Crippen molar-refractivity contribution in [1.29, 1.82) is 0 Å². The van der Waals surface area contributed by atoms with E-state index in [2.05, 4.69) is 61.0 Å². The molecule has 0 fully saturated rings. The SMILES string of the molecule is Cc1c2n(c3ccccc13)C[C@@H]1[C@H]2c2ccc3c(c2NC1(C)C)C(=O)c1ccccc1C3=O. The number of fused-ring (bicyclic) bond motifs is 10. The van der Waals surface area contributed by atoms with Crippen LogP contribution >= 0.6 is 0 Å². The predicted molar refractivity (Wildman–Crippen MR) is 129 cm³/mol. The van der Waals surface area contributed by atoms with Gasteiger partial charge in [0.1, 0.15) is 0 Å². The Kier molecular flexibility index (Phi) is 3.44. The molecule has 3 heterocycles. The average Bonchev–Trinajstić information content (AvgIpc) is 3.34. The van der Waals surface area contributed by atoms with Gasteiger partial charge in [0.05, 0.1) is 11.3 Å². The van der Waals surface area contributed by atoms with E-state index in [9.17, 15) is 9.59 Å². The Labute approximate surface area is 192 Å². The summed E-state index contributed by atoms with van der Waals surface area (Å²) in [5, 5.41) is 5.02. The van der Waals surface area contributed by atoms with Gasteiger partial charge in [-0.15, -0.1) is 0 Å². The molecule has 4 heteroatoms. The van der Waals surface area contributed by atoms with E-state index in [1.54, 1.807) is 12.1 Å². The summed E-state index contributed by atoms with van der Waals surface area (Å²) < 4.78 is 2.47. The fraction of sp³-hybridized carbons (Fsp3) is 0.241. The zero-order chi connectivity index (χ0) is 22.6. The van der Waals surface area contributed by atoms with Crippen molar-refractivity contribution in [3.63, 3.8) is 0 Å². The van der Waals surface area contributed by atoms with Crippen molar-refractivity contribution in [1.82, 2.24) is 4.57 Å². The van der Waals surface area contributed by atoms with Gasteiger partial charge in [0.2, 0.25) is 0 Å². The summed E-state index contributed by atoms with van der Waals surface area (Å²) in [6.45, 7) is 7.59. The maximum absolute atomic E-state index is 13.7. The molecule has 2 aliphatic heterocycles. The number of aromatic nitrogens is 1. The second-order valence-corrected chi connectivity index (χ2v) is 10.2. The summed E-state index contributed by atoms with van der Waals surface area (Å²) >= 11 is 0. The number of rotatable bonds is 0. The van der Waals surface area contributed by atoms with Gasteiger partial charge in [0, 0.05) is 57.2 Å².